The quantitative estimate of drug-likeness (QED) is 0.754. The zero-order valence-corrected chi connectivity index (χ0v) is 14.8. The molecule has 0 heterocycles. The molecule has 0 saturated carbocycles. The van der Waals surface area contributed by atoms with Crippen LogP contribution in [0, 0.1) is 0 Å². The zero-order valence-electron chi connectivity index (χ0n) is 13.9. The minimum Gasteiger partial charge on any atom is -0.496 e. The van der Waals surface area contributed by atoms with Crippen LogP contribution in [0.15, 0.2) is 18.2 Å². The zero-order chi connectivity index (χ0) is 15.8. The lowest BCUT2D eigenvalue weighted by Gasteiger charge is -2.17. The summed E-state index contributed by atoms with van der Waals surface area (Å²) in [6.45, 7) is 9.44. The first kappa shape index (κ1) is 18.2. The molecule has 1 rings (SSSR count). The highest BCUT2D eigenvalue weighted by molar-refractivity contribution is 7.84. The van der Waals surface area contributed by atoms with Crippen LogP contribution in [-0.2, 0) is 16.6 Å². The standard InChI is InChI=1S/C17H29NO2S/c1-6-10-18-14(4)15-8-9-17(20-5)16(11-15)12-21(19)13(3)7-2/h8-9,11,13-14,18H,6-7,10,12H2,1-5H3. The first-order valence-electron chi connectivity index (χ1n) is 7.80. The maximum Gasteiger partial charge on any atom is 0.123 e. The first-order chi connectivity index (χ1) is 10.0. The number of hydrogen-bond donors (Lipinski definition) is 1. The summed E-state index contributed by atoms with van der Waals surface area (Å²) < 4.78 is 17.7. The molecule has 21 heavy (non-hydrogen) atoms. The highest BCUT2D eigenvalue weighted by Crippen LogP contribution is 2.25. The van der Waals surface area contributed by atoms with Crippen molar-refractivity contribution in [3.8, 4) is 5.75 Å². The van der Waals surface area contributed by atoms with E-state index in [9.17, 15) is 4.21 Å². The molecule has 0 aliphatic rings. The predicted octanol–water partition coefficient (Wildman–Crippen LogP) is 3.80. The highest BCUT2D eigenvalue weighted by atomic mass is 32.2. The van der Waals surface area contributed by atoms with E-state index >= 15 is 0 Å². The number of rotatable bonds is 9. The Hall–Kier alpha value is -0.870. The van der Waals surface area contributed by atoms with Gasteiger partial charge < -0.3 is 10.1 Å². The molecule has 3 nitrogen and oxygen atoms in total. The molecular weight excluding hydrogens is 282 g/mol. The third-order valence-corrected chi connectivity index (χ3v) is 5.65. The third kappa shape index (κ3) is 5.44. The van der Waals surface area contributed by atoms with Crippen LogP contribution in [0.25, 0.3) is 0 Å². The Morgan fingerprint density at radius 2 is 2.00 bits per heavy atom. The van der Waals surface area contributed by atoms with Gasteiger partial charge in [-0.15, -0.1) is 0 Å². The summed E-state index contributed by atoms with van der Waals surface area (Å²) >= 11 is 0. The molecular formula is C17H29NO2S. The van der Waals surface area contributed by atoms with E-state index in [1.54, 1.807) is 7.11 Å². The molecule has 1 aromatic rings. The summed E-state index contributed by atoms with van der Waals surface area (Å²) in [5.74, 6) is 1.39. The fourth-order valence-corrected chi connectivity index (χ4v) is 3.33. The molecule has 1 N–H and O–H groups in total. The van der Waals surface area contributed by atoms with Crippen molar-refractivity contribution in [1.29, 1.82) is 0 Å². The van der Waals surface area contributed by atoms with Gasteiger partial charge >= 0.3 is 0 Å². The van der Waals surface area contributed by atoms with Crippen molar-refractivity contribution < 1.29 is 8.95 Å². The molecule has 3 unspecified atom stereocenters. The molecule has 4 heteroatoms. The van der Waals surface area contributed by atoms with Gasteiger partial charge in [-0.1, -0.05) is 26.8 Å². The Kier molecular flexibility index (Phi) is 7.97. The van der Waals surface area contributed by atoms with Gasteiger partial charge in [-0.05, 0) is 44.0 Å². The van der Waals surface area contributed by atoms with E-state index in [2.05, 4.69) is 38.2 Å². The molecule has 0 aliphatic heterocycles. The van der Waals surface area contributed by atoms with Gasteiger partial charge in [0.25, 0.3) is 0 Å². The Morgan fingerprint density at radius 3 is 2.57 bits per heavy atom. The number of benzene rings is 1. The molecule has 0 bridgehead atoms. The van der Waals surface area contributed by atoms with Gasteiger partial charge in [-0.2, -0.15) is 0 Å². The van der Waals surface area contributed by atoms with E-state index in [0.29, 0.717) is 11.8 Å². The molecule has 3 atom stereocenters. The molecule has 120 valence electrons. The van der Waals surface area contributed by atoms with Gasteiger partial charge in [0.2, 0.25) is 0 Å². The smallest absolute Gasteiger partial charge is 0.123 e. The maximum atomic E-state index is 12.3. The Balaban J connectivity index is 2.92. The van der Waals surface area contributed by atoms with Gasteiger partial charge in [0.05, 0.1) is 12.9 Å². The van der Waals surface area contributed by atoms with Gasteiger partial charge in [0.1, 0.15) is 5.75 Å². The Bertz CT molecular complexity index is 462. The van der Waals surface area contributed by atoms with Crippen LogP contribution in [0.5, 0.6) is 5.75 Å². The molecule has 0 saturated heterocycles. The van der Waals surface area contributed by atoms with Gasteiger partial charge in [0, 0.05) is 27.7 Å². The molecule has 0 aliphatic carbocycles. The van der Waals surface area contributed by atoms with Crippen molar-refractivity contribution in [2.75, 3.05) is 13.7 Å². The predicted molar refractivity (Wildman–Crippen MR) is 91.3 cm³/mol. The number of hydrogen-bond acceptors (Lipinski definition) is 3. The van der Waals surface area contributed by atoms with Crippen molar-refractivity contribution in [3.05, 3.63) is 29.3 Å². The summed E-state index contributed by atoms with van der Waals surface area (Å²) in [5.41, 5.74) is 2.26. The molecule has 0 spiro atoms. The fourth-order valence-electron chi connectivity index (χ4n) is 2.14. The summed E-state index contributed by atoms with van der Waals surface area (Å²) in [7, 11) is 0.815. The van der Waals surface area contributed by atoms with E-state index < -0.39 is 10.8 Å². The van der Waals surface area contributed by atoms with E-state index in [-0.39, 0.29) is 5.25 Å². The van der Waals surface area contributed by atoms with Crippen molar-refractivity contribution >= 4 is 10.8 Å². The van der Waals surface area contributed by atoms with Crippen LogP contribution in [-0.4, -0.2) is 23.1 Å². The highest BCUT2D eigenvalue weighted by Gasteiger charge is 2.14. The lowest BCUT2D eigenvalue weighted by molar-refractivity contribution is 0.410. The number of nitrogens with one attached hydrogen (secondary N) is 1. The van der Waals surface area contributed by atoms with E-state index in [0.717, 1.165) is 30.7 Å². The monoisotopic (exact) mass is 311 g/mol. The fraction of sp³-hybridized carbons (Fsp3) is 0.647. The van der Waals surface area contributed by atoms with Gasteiger partial charge in [-0.25, -0.2) is 0 Å². The van der Waals surface area contributed by atoms with Crippen molar-refractivity contribution in [3.63, 3.8) is 0 Å². The second kappa shape index (κ2) is 9.21. The van der Waals surface area contributed by atoms with E-state index in [4.69, 9.17) is 4.74 Å². The lowest BCUT2D eigenvalue weighted by Crippen LogP contribution is -2.19. The van der Waals surface area contributed by atoms with Crippen molar-refractivity contribution in [1.82, 2.24) is 5.32 Å². The Labute approximate surface area is 131 Å². The molecule has 0 aromatic heterocycles. The molecule has 0 amide bonds. The van der Waals surface area contributed by atoms with Crippen LogP contribution >= 0.6 is 0 Å². The summed E-state index contributed by atoms with van der Waals surface area (Å²) in [4.78, 5) is 0. The van der Waals surface area contributed by atoms with Crippen LogP contribution < -0.4 is 10.1 Å². The SMILES string of the molecule is CCCNC(C)c1ccc(OC)c(CS(=O)C(C)CC)c1. The largest absolute Gasteiger partial charge is 0.496 e. The minimum atomic E-state index is -0.855. The van der Waals surface area contributed by atoms with Crippen LogP contribution in [0.1, 0.15) is 57.7 Å². The van der Waals surface area contributed by atoms with Gasteiger partial charge in [-0.3, -0.25) is 4.21 Å². The van der Waals surface area contributed by atoms with E-state index in [1.165, 1.54) is 5.56 Å². The first-order valence-corrected chi connectivity index (χ1v) is 9.19. The average molecular weight is 311 g/mol. The minimum absolute atomic E-state index is 0.217. The average Bonchev–Trinajstić information content (AvgIpc) is 2.51. The van der Waals surface area contributed by atoms with Crippen molar-refractivity contribution in [2.45, 2.75) is 57.6 Å². The van der Waals surface area contributed by atoms with Crippen LogP contribution in [0.4, 0.5) is 0 Å². The number of ether oxygens (including phenoxy) is 1. The molecule has 0 radical (unpaired) electrons. The second-order valence-corrected chi connectivity index (χ2v) is 7.35. The normalized spacial score (nSPS) is 15.5. The number of methoxy groups -OCH3 is 1. The third-order valence-electron chi connectivity index (χ3n) is 3.83. The van der Waals surface area contributed by atoms with Gasteiger partial charge in [0.15, 0.2) is 0 Å². The van der Waals surface area contributed by atoms with E-state index in [1.807, 2.05) is 13.0 Å². The summed E-state index contributed by atoms with van der Waals surface area (Å²) in [5, 5.41) is 3.70. The summed E-state index contributed by atoms with van der Waals surface area (Å²) in [6.07, 6.45) is 2.05. The van der Waals surface area contributed by atoms with Crippen LogP contribution in [0.2, 0.25) is 0 Å². The molecule has 1 aromatic carbocycles. The maximum absolute atomic E-state index is 12.3. The summed E-state index contributed by atoms with van der Waals surface area (Å²) in [6, 6.07) is 6.50. The Morgan fingerprint density at radius 1 is 1.29 bits per heavy atom. The van der Waals surface area contributed by atoms with Crippen molar-refractivity contribution in [2.24, 2.45) is 0 Å². The van der Waals surface area contributed by atoms with Crippen LogP contribution in [0.3, 0.4) is 0 Å². The topological polar surface area (TPSA) is 38.3 Å². The molecule has 0 fully saturated rings. The lowest BCUT2D eigenvalue weighted by atomic mass is 10.0. The second-order valence-electron chi connectivity index (χ2n) is 5.49.